The summed E-state index contributed by atoms with van der Waals surface area (Å²) in [5.74, 6) is -1.16. The van der Waals surface area contributed by atoms with Crippen molar-refractivity contribution in [2.24, 2.45) is 0 Å². The molecule has 0 fully saturated rings. The first-order valence-corrected chi connectivity index (χ1v) is 6.95. The zero-order valence-electron chi connectivity index (χ0n) is 11.2. The third kappa shape index (κ3) is 3.05. The minimum absolute atomic E-state index is 0.000584. The molecule has 0 aliphatic heterocycles. The number of nitrogens with zero attached hydrogens (tertiary/aromatic N) is 2. The van der Waals surface area contributed by atoms with E-state index in [0.29, 0.717) is 18.7 Å². The molecule has 6 nitrogen and oxygen atoms in total. The lowest BCUT2D eigenvalue weighted by Gasteiger charge is -2.05. The molecular weight excluding hydrogens is 278 g/mol. The van der Waals surface area contributed by atoms with Crippen LogP contribution in [0.3, 0.4) is 0 Å². The van der Waals surface area contributed by atoms with Gasteiger partial charge in [-0.3, -0.25) is 4.79 Å². The Morgan fingerprint density at radius 2 is 2.20 bits per heavy atom. The predicted octanol–water partition coefficient (Wildman–Crippen LogP) is 1.69. The fraction of sp³-hybridized carbons (Fsp3) is 0.308. The molecule has 0 aliphatic rings. The fourth-order valence-corrected chi connectivity index (χ4v) is 2.59. The van der Waals surface area contributed by atoms with E-state index in [1.54, 1.807) is 15.9 Å². The molecule has 106 valence electrons. The molecule has 2 heterocycles. The van der Waals surface area contributed by atoms with Crippen LogP contribution in [0.1, 0.15) is 31.3 Å². The van der Waals surface area contributed by atoms with E-state index < -0.39 is 5.97 Å². The van der Waals surface area contributed by atoms with E-state index in [-0.39, 0.29) is 11.6 Å². The van der Waals surface area contributed by atoms with Crippen molar-refractivity contribution in [2.45, 2.75) is 20.4 Å². The Bertz CT molecular complexity index is 645. The highest BCUT2D eigenvalue weighted by Gasteiger charge is 2.12. The van der Waals surface area contributed by atoms with Crippen molar-refractivity contribution in [3.63, 3.8) is 0 Å². The van der Waals surface area contributed by atoms with Crippen LogP contribution in [0.25, 0.3) is 0 Å². The molecular formula is C13H15N3O3S. The fourth-order valence-electron chi connectivity index (χ4n) is 1.72. The standard InChI is InChI=1S/C13H15N3O3S/c1-8-9(2)20-6-10(8)12(17)14-3-4-16-5-11(13(18)19)15-7-16/h5-7H,3-4H2,1-2H3,(H,14,17)(H,18,19). The van der Waals surface area contributed by atoms with E-state index in [1.807, 2.05) is 19.2 Å². The number of carbonyl (C=O) groups excluding carboxylic acids is 1. The lowest BCUT2D eigenvalue weighted by molar-refractivity contribution is 0.0690. The van der Waals surface area contributed by atoms with E-state index >= 15 is 0 Å². The summed E-state index contributed by atoms with van der Waals surface area (Å²) < 4.78 is 1.63. The molecule has 0 unspecified atom stereocenters. The summed E-state index contributed by atoms with van der Waals surface area (Å²) in [7, 11) is 0. The van der Waals surface area contributed by atoms with Gasteiger partial charge in [-0.2, -0.15) is 0 Å². The number of carboxylic acid groups (broad SMARTS) is 1. The molecule has 20 heavy (non-hydrogen) atoms. The van der Waals surface area contributed by atoms with Crippen LogP contribution in [-0.4, -0.2) is 33.1 Å². The van der Waals surface area contributed by atoms with E-state index in [0.717, 1.165) is 10.4 Å². The Hall–Kier alpha value is -2.15. The van der Waals surface area contributed by atoms with Crippen LogP contribution >= 0.6 is 11.3 Å². The molecule has 0 saturated heterocycles. The summed E-state index contributed by atoms with van der Waals surface area (Å²) in [6.45, 7) is 4.81. The molecule has 7 heteroatoms. The average Bonchev–Trinajstić information content (AvgIpc) is 2.98. The van der Waals surface area contributed by atoms with Crippen molar-refractivity contribution in [1.82, 2.24) is 14.9 Å². The van der Waals surface area contributed by atoms with E-state index in [4.69, 9.17) is 5.11 Å². The van der Waals surface area contributed by atoms with Crippen LogP contribution in [-0.2, 0) is 6.54 Å². The number of carboxylic acids is 1. The van der Waals surface area contributed by atoms with Crippen molar-refractivity contribution < 1.29 is 14.7 Å². The van der Waals surface area contributed by atoms with Gasteiger partial charge in [-0.15, -0.1) is 11.3 Å². The first kappa shape index (κ1) is 14.3. The predicted molar refractivity (Wildman–Crippen MR) is 75.3 cm³/mol. The molecule has 0 saturated carbocycles. The number of carbonyl (C=O) groups is 2. The Morgan fingerprint density at radius 1 is 1.45 bits per heavy atom. The number of thiophene rings is 1. The third-order valence-electron chi connectivity index (χ3n) is 3.04. The summed E-state index contributed by atoms with van der Waals surface area (Å²) in [6.07, 6.45) is 2.88. The molecule has 0 aromatic carbocycles. The molecule has 2 aromatic heterocycles. The van der Waals surface area contributed by atoms with Crippen molar-refractivity contribution >= 4 is 23.2 Å². The molecule has 2 N–H and O–H groups in total. The van der Waals surface area contributed by atoms with Gasteiger partial charge >= 0.3 is 5.97 Å². The number of nitrogens with one attached hydrogen (secondary N) is 1. The highest BCUT2D eigenvalue weighted by molar-refractivity contribution is 7.10. The highest BCUT2D eigenvalue weighted by atomic mass is 32.1. The largest absolute Gasteiger partial charge is 0.476 e. The van der Waals surface area contributed by atoms with Gasteiger partial charge in [0.2, 0.25) is 0 Å². The molecule has 0 radical (unpaired) electrons. The van der Waals surface area contributed by atoms with Crippen LogP contribution in [0, 0.1) is 13.8 Å². The van der Waals surface area contributed by atoms with Gasteiger partial charge in [-0.25, -0.2) is 9.78 Å². The molecule has 0 bridgehead atoms. The summed E-state index contributed by atoms with van der Waals surface area (Å²) in [4.78, 5) is 27.5. The zero-order chi connectivity index (χ0) is 14.7. The Morgan fingerprint density at radius 3 is 2.75 bits per heavy atom. The number of rotatable bonds is 5. The van der Waals surface area contributed by atoms with Crippen LogP contribution in [0.15, 0.2) is 17.9 Å². The Kier molecular flexibility index (Phi) is 4.19. The number of aromatic nitrogens is 2. The molecule has 1 amide bonds. The number of imidazole rings is 1. The van der Waals surface area contributed by atoms with Gasteiger partial charge in [0.25, 0.3) is 5.91 Å². The molecule has 2 rings (SSSR count). The first-order valence-electron chi connectivity index (χ1n) is 6.07. The van der Waals surface area contributed by atoms with Crippen LogP contribution in [0.5, 0.6) is 0 Å². The van der Waals surface area contributed by atoms with Gasteiger partial charge in [0, 0.05) is 29.5 Å². The quantitative estimate of drug-likeness (QED) is 0.878. The molecule has 0 atom stereocenters. The summed E-state index contributed by atoms with van der Waals surface area (Å²) in [6, 6.07) is 0. The topological polar surface area (TPSA) is 84.2 Å². The van der Waals surface area contributed by atoms with Crippen molar-refractivity contribution in [3.8, 4) is 0 Å². The lowest BCUT2D eigenvalue weighted by atomic mass is 10.2. The highest BCUT2D eigenvalue weighted by Crippen LogP contribution is 2.20. The smallest absolute Gasteiger partial charge is 0.356 e. The van der Waals surface area contributed by atoms with E-state index in [9.17, 15) is 9.59 Å². The monoisotopic (exact) mass is 293 g/mol. The van der Waals surface area contributed by atoms with Gasteiger partial charge in [0.15, 0.2) is 5.69 Å². The first-order chi connectivity index (χ1) is 9.49. The second-order valence-corrected chi connectivity index (χ2v) is 5.47. The lowest BCUT2D eigenvalue weighted by Crippen LogP contribution is -2.27. The van der Waals surface area contributed by atoms with Gasteiger partial charge in [0.1, 0.15) is 0 Å². The normalized spacial score (nSPS) is 10.5. The summed E-state index contributed by atoms with van der Waals surface area (Å²) in [5, 5.41) is 13.4. The van der Waals surface area contributed by atoms with Gasteiger partial charge < -0.3 is 15.0 Å². The van der Waals surface area contributed by atoms with Crippen molar-refractivity contribution in [1.29, 1.82) is 0 Å². The van der Waals surface area contributed by atoms with Gasteiger partial charge in [-0.05, 0) is 19.4 Å². The van der Waals surface area contributed by atoms with E-state index in [1.165, 1.54) is 12.5 Å². The average molecular weight is 293 g/mol. The zero-order valence-corrected chi connectivity index (χ0v) is 12.0. The number of hydrogen-bond donors (Lipinski definition) is 2. The number of aromatic carboxylic acids is 1. The van der Waals surface area contributed by atoms with Gasteiger partial charge in [0.05, 0.1) is 11.9 Å². The molecule has 0 spiro atoms. The molecule has 0 aliphatic carbocycles. The van der Waals surface area contributed by atoms with E-state index in [2.05, 4.69) is 10.3 Å². The van der Waals surface area contributed by atoms with Crippen LogP contribution in [0.2, 0.25) is 0 Å². The van der Waals surface area contributed by atoms with Crippen LogP contribution < -0.4 is 5.32 Å². The van der Waals surface area contributed by atoms with Crippen molar-refractivity contribution in [2.75, 3.05) is 6.54 Å². The van der Waals surface area contributed by atoms with Crippen molar-refractivity contribution in [3.05, 3.63) is 39.6 Å². The van der Waals surface area contributed by atoms with Crippen LogP contribution in [0.4, 0.5) is 0 Å². The maximum atomic E-state index is 12.0. The Balaban J connectivity index is 1.88. The number of aryl methyl sites for hydroxylation is 1. The maximum absolute atomic E-state index is 12.0. The maximum Gasteiger partial charge on any atom is 0.356 e. The summed E-state index contributed by atoms with van der Waals surface area (Å²) >= 11 is 1.55. The second-order valence-electron chi connectivity index (χ2n) is 4.39. The van der Waals surface area contributed by atoms with Gasteiger partial charge in [-0.1, -0.05) is 0 Å². The minimum Gasteiger partial charge on any atom is -0.476 e. The third-order valence-corrected chi connectivity index (χ3v) is 4.05. The Labute approximate surface area is 120 Å². The summed E-state index contributed by atoms with van der Waals surface area (Å²) in [5.41, 5.74) is 1.70. The number of hydrogen-bond acceptors (Lipinski definition) is 4. The number of amides is 1. The minimum atomic E-state index is -1.06. The molecule has 2 aromatic rings. The second kappa shape index (κ2) is 5.87. The SMILES string of the molecule is Cc1scc(C(=O)NCCn2cnc(C(=O)O)c2)c1C.